The van der Waals surface area contributed by atoms with Gasteiger partial charge in [0.2, 0.25) is 5.91 Å². The first-order valence-corrected chi connectivity index (χ1v) is 43.8. The Morgan fingerprint density at radius 2 is 0.639 bits per heavy atom. The number of unbranched alkanes of at least 4 members (excludes halogenated alkanes) is 40. The van der Waals surface area contributed by atoms with E-state index in [9.17, 15) is 61.0 Å². The van der Waals surface area contributed by atoms with E-state index in [1.165, 1.54) is 205 Å². The number of amides is 1. The minimum Gasteiger partial charge on any atom is -0.394 e. The van der Waals surface area contributed by atoms with Crippen molar-refractivity contribution in [3.8, 4) is 0 Å². The Labute approximate surface area is 654 Å². The summed E-state index contributed by atoms with van der Waals surface area (Å²) in [6.45, 7) is 1.72. The molecule has 0 aromatic rings. The number of nitrogens with one attached hydrogen (secondary N) is 1. The van der Waals surface area contributed by atoms with E-state index in [2.05, 4.69) is 104 Å². The molecule has 3 aliphatic heterocycles. The Kier molecular flexibility index (Phi) is 62.8. The van der Waals surface area contributed by atoms with Crippen LogP contribution in [0.15, 0.2) is 85.1 Å². The summed E-state index contributed by atoms with van der Waals surface area (Å²) >= 11 is 0. The number of carbonyl (C=O) groups excluding carboxylic acids is 1. The third-order valence-corrected chi connectivity index (χ3v) is 21.5. The number of ether oxygens (including phenoxy) is 6. The van der Waals surface area contributed by atoms with Gasteiger partial charge >= 0.3 is 0 Å². The maximum Gasteiger partial charge on any atom is 0.220 e. The first kappa shape index (κ1) is 99.2. The van der Waals surface area contributed by atoms with Gasteiger partial charge in [0.15, 0.2) is 18.9 Å². The van der Waals surface area contributed by atoms with Crippen molar-refractivity contribution in [2.75, 3.05) is 26.4 Å². The van der Waals surface area contributed by atoms with Gasteiger partial charge in [0.1, 0.15) is 73.2 Å². The Hall–Kier alpha value is -3.03. The van der Waals surface area contributed by atoms with Crippen LogP contribution < -0.4 is 5.32 Å². The lowest BCUT2D eigenvalue weighted by Gasteiger charge is -2.48. The van der Waals surface area contributed by atoms with Crippen LogP contribution in [0.3, 0.4) is 0 Å². The van der Waals surface area contributed by atoms with Crippen molar-refractivity contribution in [3.05, 3.63) is 85.1 Å². The third-order valence-electron chi connectivity index (χ3n) is 21.5. The average Bonchev–Trinajstić information content (AvgIpc) is 0.779. The first-order valence-electron chi connectivity index (χ1n) is 43.8. The Bertz CT molecular complexity index is 2280. The second kappa shape index (κ2) is 68.4. The summed E-state index contributed by atoms with van der Waals surface area (Å²) in [4.78, 5) is 13.5. The monoisotopic (exact) mass is 1530 g/mol. The minimum atomic E-state index is -1.98. The van der Waals surface area contributed by atoms with Crippen molar-refractivity contribution in [3.63, 3.8) is 0 Å². The fourth-order valence-corrected chi connectivity index (χ4v) is 14.5. The predicted octanol–water partition coefficient (Wildman–Crippen LogP) is 16.1. The number of hydrogen-bond acceptors (Lipinski definition) is 18. The van der Waals surface area contributed by atoms with Crippen LogP contribution in [-0.4, -0.2) is 193 Å². The summed E-state index contributed by atoms with van der Waals surface area (Å²) in [7, 11) is 0. The van der Waals surface area contributed by atoms with Crippen molar-refractivity contribution < 1.29 is 89.4 Å². The molecule has 19 nitrogen and oxygen atoms in total. The van der Waals surface area contributed by atoms with Crippen LogP contribution in [0.5, 0.6) is 0 Å². The molecule has 0 bridgehead atoms. The molecule has 3 saturated heterocycles. The molecule has 0 aromatic carbocycles. The van der Waals surface area contributed by atoms with E-state index in [4.69, 9.17) is 28.4 Å². The van der Waals surface area contributed by atoms with E-state index in [-0.39, 0.29) is 18.9 Å². The fraction of sp³-hybridized carbons (Fsp3) is 0.831. The van der Waals surface area contributed by atoms with Gasteiger partial charge in [-0.25, -0.2) is 0 Å². The lowest BCUT2D eigenvalue weighted by molar-refractivity contribution is -0.379. The number of carbonyl (C=O) groups is 1. The molecule has 1 amide bonds. The quantitative estimate of drug-likeness (QED) is 0.0199. The molecule has 0 spiro atoms. The van der Waals surface area contributed by atoms with Gasteiger partial charge in [0.25, 0.3) is 0 Å². The Morgan fingerprint density at radius 1 is 0.343 bits per heavy atom. The highest BCUT2D eigenvalue weighted by Crippen LogP contribution is 2.33. The van der Waals surface area contributed by atoms with Crippen LogP contribution in [0, 0.1) is 0 Å². The van der Waals surface area contributed by atoms with Gasteiger partial charge in [-0.1, -0.05) is 349 Å². The molecule has 0 saturated carbocycles. The van der Waals surface area contributed by atoms with E-state index in [0.29, 0.717) is 12.8 Å². The Balaban J connectivity index is 1.34. The van der Waals surface area contributed by atoms with E-state index < -0.39 is 124 Å². The van der Waals surface area contributed by atoms with Gasteiger partial charge in [-0.3, -0.25) is 4.79 Å². The molecular formula is C89H159NO18. The van der Waals surface area contributed by atoms with Crippen molar-refractivity contribution in [2.45, 2.75) is 446 Å². The molecule has 3 aliphatic rings. The molecule has 3 heterocycles. The molecule has 17 atom stereocenters. The maximum absolute atomic E-state index is 13.5. The van der Waals surface area contributed by atoms with Gasteiger partial charge < -0.3 is 89.9 Å². The lowest BCUT2D eigenvalue weighted by Crippen LogP contribution is -2.66. The molecule has 0 radical (unpaired) electrons. The zero-order valence-corrected chi connectivity index (χ0v) is 67.6. The van der Waals surface area contributed by atoms with Crippen LogP contribution in [0.25, 0.3) is 0 Å². The predicted molar refractivity (Wildman–Crippen MR) is 434 cm³/mol. The number of aliphatic hydroxyl groups excluding tert-OH is 11. The zero-order chi connectivity index (χ0) is 78.1. The summed E-state index contributed by atoms with van der Waals surface area (Å²) in [6, 6.07) is -0.899. The first-order chi connectivity index (χ1) is 52.8. The van der Waals surface area contributed by atoms with Gasteiger partial charge in [0, 0.05) is 6.42 Å². The molecule has 19 heteroatoms. The van der Waals surface area contributed by atoms with Crippen LogP contribution in [0.4, 0.5) is 0 Å². The molecule has 3 rings (SSSR count). The van der Waals surface area contributed by atoms with Gasteiger partial charge in [0.05, 0.1) is 38.6 Å². The Morgan fingerprint density at radius 3 is 1.00 bits per heavy atom. The highest BCUT2D eigenvalue weighted by molar-refractivity contribution is 5.76. The van der Waals surface area contributed by atoms with Gasteiger partial charge in [-0.05, 0) is 70.6 Å². The highest BCUT2D eigenvalue weighted by atomic mass is 16.8. The van der Waals surface area contributed by atoms with Crippen LogP contribution in [-0.2, 0) is 33.2 Å². The summed E-state index contributed by atoms with van der Waals surface area (Å²) < 4.78 is 34.6. The normalized spacial score (nSPS) is 25.8. The molecule has 12 N–H and O–H groups in total. The SMILES string of the molecule is CC/C=C\C/C=C\C/C=C\C/C=C\C/C=C\C/C=C\C/C=C\CCCCCCCCCCCC(=O)NC(COC1OC(CO)C(OC2OC(CO)C(OC3OC(CO)C(O)C(O)C3O)C(O)C2O)C(O)C1O)C(O)CCCCCCCCCCCCCCCCCCCCCCCCCCCCCCCCCC. The average molecular weight is 1530 g/mol. The number of aliphatic hydroxyl groups is 11. The molecule has 17 unspecified atom stereocenters. The van der Waals surface area contributed by atoms with Crippen molar-refractivity contribution in [1.82, 2.24) is 5.32 Å². The summed E-state index contributed by atoms with van der Waals surface area (Å²) in [5.41, 5.74) is 0. The summed E-state index contributed by atoms with van der Waals surface area (Å²) in [5, 5.41) is 121. The second-order valence-electron chi connectivity index (χ2n) is 31.0. The number of rotatable bonds is 70. The molecule has 3 fully saturated rings. The van der Waals surface area contributed by atoms with Crippen LogP contribution in [0.2, 0.25) is 0 Å². The molecule has 0 aliphatic carbocycles. The summed E-state index contributed by atoms with van der Waals surface area (Å²) in [6.07, 6.45) is 65.3. The fourth-order valence-electron chi connectivity index (χ4n) is 14.5. The highest BCUT2D eigenvalue weighted by Gasteiger charge is 2.54. The molecule has 108 heavy (non-hydrogen) atoms. The molecule has 628 valence electrons. The zero-order valence-electron chi connectivity index (χ0n) is 67.6. The third kappa shape index (κ3) is 47.0. The van der Waals surface area contributed by atoms with Gasteiger partial charge in [-0.2, -0.15) is 0 Å². The van der Waals surface area contributed by atoms with E-state index >= 15 is 0 Å². The number of hydrogen-bond donors (Lipinski definition) is 12. The van der Waals surface area contributed by atoms with E-state index in [1.54, 1.807) is 0 Å². The largest absolute Gasteiger partial charge is 0.394 e. The van der Waals surface area contributed by atoms with E-state index in [1.807, 2.05) is 0 Å². The summed E-state index contributed by atoms with van der Waals surface area (Å²) in [5.74, 6) is -0.248. The van der Waals surface area contributed by atoms with Crippen LogP contribution >= 0.6 is 0 Å². The topological polar surface area (TPSA) is 307 Å². The van der Waals surface area contributed by atoms with E-state index in [0.717, 1.165) is 103 Å². The minimum absolute atomic E-state index is 0.248. The lowest BCUT2D eigenvalue weighted by atomic mass is 9.96. The second-order valence-corrected chi connectivity index (χ2v) is 31.0. The standard InChI is InChI=1S/C89H159NO18/c1-3-5-7-9-11-13-15-17-19-21-23-25-27-29-31-33-35-37-38-40-42-44-46-48-50-52-54-56-58-60-62-64-66-73(94)72(90-77(95)67-65-63-61-59-57-55-53-51-49-47-45-43-41-39-36-34-32-30-28-26-24-22-20-18-16-14-12-10-8-6-4-2)71-103-87-83(101)80(98)85(75(69-92)105-87)108-89-84(102)81(99)86(76(70-93)106-89)107-88-82(100)79(97)78(96)74(68-91)104-88/h6,8,12,14,18,20,24,26,30,32,36,39,43,45,72-76,78-89,91-94,96-102H,3-5,7,9-11,13,15-17,19,21-23,25,27-29,31,33-35,37-38,40-42,44,46-71H2,1-2H3,(H,90,95)/b8-6-,14-12-,20-18-,26-24-,32-30-,39-36-,45-43-. The van der Waals surface area contributed by atoms with Crippen molar-refractivity contribution in [2.24, 2.45) is 0 Å². The number of allylic oxidation sites excluding steroid dienone is 14. The van der Waals surface area contributed by atoms with Gasteiger partial charge in [-0.15, -0.1) is 0 Å². The van der Waals surface area contributed by atoms with Crippen molar-refractivity contribution in [1.29, 1.82) is 0 Å². The van der Waals surface area contributed by atoms with Crippen LogP contribution in [0.1, 0.15) is 341 Å². The molecular weight excluding hydrogens is 1370 g/mol. The smallest absolute Gasteiger partial charge is 0.220 e. The van der Waals surface area contributed by atoms with Crippen molar-refractivity contribution >= 4 is 5.91 Å². The molecule has 0 aromatic heterocycles. The maximum atomic E-state index is 13.5.